The van der Waals surface area contributed by atoms with Gasteiger partial charge in [-0.1, -0.05) is 6.07 Å². The van der Waals surface area contributed by atoms with E-state index in [1.165, 1.54) is 18.2 Å². The van der Waals surface area contributed by atoms with Gasteiger partial charge in [-0.15, -0.1) is 0 Å². The van der Waals surface area contributed by atoms with Gasteiger partial charge in [-0.05, 0) is 37.8 Å². The second-order valence-electron chi connectivity index (χ2n) is 6.14. The summed E-state index contributed by atoms with van der Waals surface area (Å²) in [6.45, 7) is 0. The van der Waals surface area contributed by atoms with Crippen LogP contribution in [0.1, 0.15) is 37.2 Å². The lowest BCUT2D eigenvalue weighted by Gasteiger charge is -2.12. The Hall–Kier alpha value is -1.98. The van der Waals surface area contributed by atoms with Crippen LogP contribution in [0.3, 0.4) is 0 Å². The van der Waals surface area contributed by atoms with E-state index in [1.54, 1.807) is 0 Å². The van der Waals surface area contributed by atoms with Crippen LogP contribution in [0.25, 0.3) is 0 Å². The number of halogens is 2. The first-order valence-electron chi connectivity index (χ1n) is 7.44. The lowest BCUT2D eigenvalue weighted by atomic mass is 10.1. The quantitative estimate of drug-likeness (QED) is 0.898. The fraction of sp³-hybridized carbons (Fsp3) is 0.500. The summed E-state index contributed by atoms with van der Waals surface area (Å²) < 4.78 is 27.4. The van der Waals surface area contributed by atoms with Gasteiger partial charge in [0.1, 0.15) is 11.6 Å². The Balaban J connectivity index is 1.59. The van der Waals surface area contributed by atoms with Crippen molar-refractivity contribution in [3.63, 3.8) is 0 Å². The molecule has 0 aliphatic heterocycles. The summed E-state index contributed by atoms with van der Waals surface area (Å²) >= 11 is 0. The SMILES string of the molecule is O=C(N[C@@H]1CC[C@H](C(=O)O)C1)C1CC1c1c(F)cccc1F. The van der Waals surface area contributed by atoms with E-state index in [0.29, 0.717) is 25.7 Å². The smallest absolute Gasteiger partial charge is 0.306 e. The number of nitrogens with one attached hydrogen (secondary N) is 1. The molecule has 2 aliphatic rings. The predicted molar refractivity (Wildman–Crippen MR) is 74.1 cm³/mol. The second-order valence-corrected chi connectivity index (χ2v) is 6.14. The molecule has 0 bridgehead atoms. The van der Waals surface area contributed by atoms with Crippen LogP contribution in [0.4, 0.5) is 8.78 Å². The van der Waals surface area contributed by atoms with Crippen molar-refractivity contribution in [1.29, 1.82) is 0 Å². The van der Waals surface area contributed by atoms with Gasteiger partial charge in [0.05, 0.1) is 5.92 Å². The Bertz CT molecular complexity index is 599. The average molecular weight is 309 g/mol. The molecule has 1 amide bonds. The molecule has 3 rings (SSSR count). The van der Waals surface area contributed by atoms with Crippen molar-refractivity contribution in [2.24, 2.45) is 11.8 Å². The summed E-state index contributed by atoms with van der Waals surface area (Å²) in [6, 6.07) is 3.54. The minimum absolute atomic E-state index is 0.0162. The molecular weight excluding hydrogens is 292 g/mol. The third-order valence-electron chi connectivity index (χ3n) is 4.63. The highest BCUT2D eigenvalue weighted by Crippen LogP contribution is 2.49. The van der Waals surface area contributed by atoms with Gasteiger partial charge in [0.15, 0.2) is 0 Å². The number of benzene rings is 1. The third-order valence-corrected chi connectivity index (χ3v) is 4.63. The maximum atomic E-state index is 13.7. The molecule has 22 heavy (non-hydrogen) atoms. The van der Waals surface area contributed by atoms with Crippen molar-refractivity contribution >= 4 is 11.9 Å². The van der Waals surface area contributed by atoms with E-state index < -0.39 is 35.4 Å². The number of carbonyl (C=O) groups is 2. The van der Waals surface area contributed by atoms with Crippen molar-refractivity contribution in [3.05, 3.63) is 35.4 Å². The van der Waals surface area contributed by atoms with Crippen LogP contribution in [-0.2, 0) is 9.59 Å². The lowest BCUT2D eigenvalue weighted by Crippen LogP contribution is -2.34. The largest absolute Gasteiger partial charge is 0.481 e. The van der Waals surface area contributed by atoms with E-state index in [1.807, 2.05) is 0 Å². The number of amides is 1. The topological polar surface area (TPSA) is 66.4 Å². The molecule has 2 saturated carbocycles. The van der Waals surface area contributed by atoms with Crippen LogP contribution in [0.2, 0.25) is 0 Å². The molecule has 6 heteroatoms. The number of carbonyl (C=O) groups excluding carboxylic acids is 1. The van der Waals surface area contributed by atoms with E-state index in [9.17, 15) is 18.4 Å². The fourth-order valence-corrected chi connectivity index (χ4v) is 3.31. The molecule has 0 radical (unpaired) electrons. The minimum Gasteiger partial charge on any atom is -0.481 e. The number of carboxylic acids is 1. The molecule has 118 valence electrons. The Labute approximate surface area is 126 Å². The van der Waals surface area contributed by atoms with Crippen molar-refractivity contribution in [2.75, 3.05) is 0 Å². The summed E-state index contributed by atoms with van der Waals surface area (Å²) in [5.74, 6) is -3.56. The second kappa shape index (κ2) is 5.66. The maximum absolute atomic E-state index is 13.7. The van der Waals surface area contributed by atoms with Gasteiger partial charge in [0.2, 0.25) is 5.91 Å². The zero-order valence-corrected chi connectivity index (χ0v) is 11.9. The summed E-state index contributed by atoms with van der Waals surface area (Å²) in [5, 5.41) is 11.8. The highest BCUT2D eigenvalue weighted by Gasteiger charge is 2.47. The first-order chi connectivity index (χ1) is 10.5. The monoisotopic (exact) mass is 309 g/mol. The van der Waals surface area contributed by atoms with Gasteiger partial charge < -0.3 is 10.4 Å². The van der Waals surface area contributed by atoms with E-state index in [4.69, 9.17) is 5.11 Å². The van der Waals surface area contributed by atoms with Crippen LogP contribution in [-0.4, -0.2) is 23.0 Å². The molecular formula is C16H17F2NO3. The van der Waals surface area contributed by atoms with Gasteiger partial charge in [-0.3, -0.25) is 9.59 Å². The average Bonchev–Trinajstić information content (AvgIpc) is 3.09. The van der Waals surface area contributed by atoms with Gasteiger partial charge in [-0.2, -0.15) is 0 Å². The Morgan fingerprint density at radius 3 is 2.41 bits per heavy atom. The van der Waals surface area contributed by atoms with Gasteiger partial charge in [0.25, 0.3) is 0 Å². The zero-order chi connectivity index (χ0) is 15.9. The van der Waals surface area contributed by atoms with Crippen LogP contribution < -0.4 is 5.32 Å². The van der Waals surface area contributed by atoms with Gasteiger partial charge in [-0.25, -0.2) is 8.78 Å². The van der Waals surface area contributed by atoms with Crippen molar-refractivity contribution in [2.45, 2.75) is 37.6 Å². The Morgan fingerprint density at radius 1 is 1.14 bits per heavy atom. The molecule has 0 heterocycles. The van der Waals surface area contributed by atoms with Crippen molar-refractivity contribution < 1.29 is 23.5 Å². The third kappa shape index (κ3) is 2.82. The van der Waals surface area contributed by atoms with E-state index in [2.05, 4.69) is 5.32 Å². The summed E-state index contributed by atoms with van der Waals surface area (Å²) in [5.41, 5.74) is -0.0162. The Morgan fingerprint density at radius 2 is 1.82 bits per heavy atom. The summed E-state index contributed by atoms with van der Waals surface area (Å²) in [7, 11) is 0. The number of carboxylic acid groups (broad SMARTS) is 1. The van der Waals surface area contributed by atoms with E-state index in [-0.39, 0.29) is 17.5 Å². The first kappa shape index (κ1) is 14.9. The molecule has 2 N–H and O–H groups in total. The van der Waals surface area contributed by atoms with Crippen LogP contribution >= 0.6 is 0 Å². The molecule has 4 atom stereocenters. The van der Waals surface area contributed by atoms with Crippen LogP contribution in [0.5, 0.6) is 0 Å². The molecule has 2 aliphatic carbocycles. The number of rotatable bonds is 4. The summed E-state index contributed by atoms with van der Waals surface area (Å²) in [4.78, 5) is 23.0. The van der Waals surface area contributed by atoms with Gasteiger partial charge in [0, 0.05) is 23.4 Å². The highest BCUT2D eigenvalue weighted by molar-refractivity contribution is 5.83. The summed E-state index contributed by atoms with van der Waals surface area (Å²) in [6.07, 6.45) is 2.04. The molecule has 1 aromatic carbocycles. The maximum Gasteiger partial charge on any atom is 0.306 e. The molecule has 0 saturated heterocycles. The zero-order valence-electron chi connectivity index (χ0n) is 11.9. The van der Waals surface area contributed by atoms with E-state index >= 15 is 0 Å². The highest BCUT2D eigenvalue weighted by atomic mass is 19.1. The Kier molecular flexibility index (Phi) is 3.85. The predicted octanol–water partition coefficient (Wildman–Crippen LogP) is 2.44. The molecule has 2 unspecified atom stereocenters. The standard InChI is InChI=1S/C16H17F2NO3/c17-12-2-1-3-13(18)14(12)10-7-11(10)15(20)19-9-5-4-8(6-9)16(21)22/h1-3,8-11H,4-7H2,(H,19,20)(H,21,22)/t8-,9+,10?,11?/m0/s1. The fourth-order valence-electron chi connectivity index (χ4n) is 3.31. The number of hydrogen-bond donors (Lipinski definition) is 2. The first-order valence-corrected chi connectivity index (χ1v) is 7.44. The van der Waals surface area contributed by atoms with Gasteiger partial charge >= 0.3 is 5.97 Å². The van der Waals surface area contributed by atoms with Crippen LogP contribution in [0.15, 0.2) is 18.2 Å². The lowest BCUT2D eigenvalue weighted by molar-refractivity contribution is -0.141. The molecule has 0 aromatic heterocycles. The molecule has 1 aromatic rings. The van der Waals surface area contributed by atoms with Crippen LogP contribution in [0, 0.1) is 23.5 Å². The molecule has 4 nitrogen and oxygen atoms in total. The number of aliphatic carboxylic acids is 1. The van der Waals surface area contributed by atoms with Crippen molar-refractivity contribution in [1.82, 2.24) is 5.32 Å². The molecule has 2 fully saturated rings. The van der Waals surface area contributed by atoms with Crippen molar-refractivity contribution in [3.8, 4) is 0 Å². The minimum atomic E-state index is -0.838. The number of hydrogen-bond acceptors (Lipinski definition) is 2. The van der Waals surface area contributed by atoms with E-state index in [0.717, 1.165) is 0 Å². The molecule has 0 spiro atoms. The normalized spacial score (nSPS) is 30.1.